The smallest absolute Gasteiger partial charge is 0.254 e. The minimum absolute atomic E-state index is 0.0571. The second-order valence-corrected chi connectivity index (χ2v) is 6.28. The largest absolute Gasteiger partial charge is 0.338 e. The van der Waals surface area contributed by atoms with Gasteiger partial charge in [-0.25, -0.2) is 0 Å². The molecule has 15 heavy (non-hydrogen) atoms. The SMILES string of the molecule is O=C1CCN(C(=O)c2csc(I)c2)CC1. The molecule has 0 bridgehead atoms. The fourth-order valence-corrected chi connectivity index (χ4v) is 2.88. The number of hydrogen-bond donors (Lipinski definition) is 0. The van der Waals surface area contributed by atoms with Gasteiger partial charge >= 0.3 is 0 Å². The maximum Gasteiger partial charge on any atom is 0.254 e. The highest BCUT2D eigenvalue weighted by Gasteiger charge is 2.22. The van der Waals surface area contributed by atoms with Gasteiger partial charge < -0.3 is 4.90 Å². The Bertz CT molecular complexity index is 392. The van der Waals surface area contributed by atoms with Gasteiger partial charge in [-0.2, -0.15) is 0 Å². The third kappa shape index (κ3) is 2.57. The first kappa shape index (κ1) is 11.1. The summed E-state index contributed by atoms with van der Waals surface area (Å²) in [5.74, 6) is 0.320. The number of carbonyl (C=O) groups is 2. The number of ketones is 1. The van der Waals surface area contributed by atoms with Crippen molar-refractivity contribution < 1.29 is 9.59 Å². The van der Waals surface area contributed by atoms with Crippen LogP contribution in [0.1, 0.15) is 23.2 Å². The first-order chi connectivity index (χ1) is 7.16. The molecule has 5 heteroatoms. The molecule has 2 rings (SSSR count). The molecule has 0 saturated carbocycles. The van der Waals surface area contributed by atoms with E-state index in [2.05, 4.69) is 22.6 Å². The summed E-state index contributed by atoms with van der Waals surface area (Å²) in [4.78, 5) is 24.7. The standard InChI is InChI=1S/C10H10INO2S/c11-9-5-7(6-15-9)10(14)12-3-1-8(13)2-4-12/h5-6H,1-4H2. The molecule has 1 aromatic heterocycles. The van der Waals surface area contributed by atoms with Crippen LogP contribution >= 0.6 is 33.9 Å². The van der Waals surface area contributed by atoms with Gasteiger partial charge in [0, 0.05) is 31.3 Å². The Morgan fingerprint density at radius 3 is 2.60 bits per heavy atom. The lowest BCUT2D eigenvalue weighted by molar-refractivity contribution is -0.120. The Hall–Kier alpha value is -0.430. The van der Waals surface area contributed by atoms with Crippen LogP contribution in [0.25, 0.3) is 0 Å². The number of halogens is 1. The van der Waals surface area contributed by atoms with Crippen LogP contribution in [0.4, 0.5) is 0 Å². The van der Waals surface area contributed by atoms with Gasteiger partial charge in [-0.3, -0.25) is 9.59 Å². The van der Waals surface area contributed by atoms with Crippen molar-refractivity contribution >= 4 is 45.6 Å². The number of Topliss-reactive ketones (excluding diaryl/α,β-unsaturated/α-hetero) is 1. The van der Waals surface area contributed by atoms with Crippen LogP contribution in [0.2, 0.25) is 0 Å². The molecule has 2 heterocycles. The molecule has 0 N–H and O–H groups in total. The molecule has 1 amide bonds. The summed E-state index contributed by atoms with van der Waals surface area (Å²) < 4.78 is 1.11. The highest BCUT2D eigenvalue weighted by atomic mass is 127. The highest BCUT2D eigenvalue weighted by Crippen LogP contribution is 2.19. The summed E-state index contributed by atoms with van der Waals surface area (Å²) in [6, 6.07) is 1.89. The summed E-state index contributed by atoms with van der Waals surface area (Å²) in [6.07, 6.45) is 1.01. The lowest BCUT2D eigenvalue weighted by Gasteiger charge is -2.25. The van der Waals surface area contributed by atoms with Gasteiger partial charge in [0.15, 0.2) is 0 Å². The molecule has 0 atom stereocenters. The van der Waals surface area contributed by atoms with Crippen molar-refractivity contribution in [2.75, 3.05) is 13.1 Å². The van der Waals surface area contributed by atoms with E-state index in [1.165, 1.54) is 0 Å². The zero-order valence-corrected chi connectivity index (χ0v) is 11.0. The monoisotopic (exact) mass is 335 g/mol. The van der Waals surface area contributed by atoms with Crippen molar-refractivity contribution in [2.45, 2.75) is 12.8 Å². The summed E-state index contributed by atoms with van der Waals surface area (Å²) in [5.41, 5.74) is 0.749. The molecular formula is C10H10INO2S. The van der Waals surface area contributed by atoms with Crippen molar-refractivity contribution in [3.63, 3.8) is 0 Å². The fourth-order valence-electron chi connectivity index (χ4n) is 1.56. The van der Waals surface area contributed by atoms with E-state index in [1.54, 1.807) is 16.2 Å². The molecule has 1 aromatic rings. The highest BCUT2D eigenvalue weighted by molar-refractivity contribution is 14.1. The maximum atomic E-state index is 11.9. The summed E-state index contributed by atoms with van der Waals surface area (Å²) >= 11 is 3.77. The Morgan fingerprint density at radius 1 is 1.40 bits per heavy atom. The quantitative estimate of drug-likeness (QED) is 0.738. The van der Waals surface area contributed by atoms with Crippen molar-refractivity contribution in [1.29, 1.82) is 0 Å². The predicted molar refractivity (Wildman–Crippen MR) is 67.2 cm³/mol. The first-order valence-electron chi connectivity index (χ1n) is 4.72. The first-order valence-corrected chi connectivity index (χ1v) is 6.67. The average molecular weight is 335 g/mol. The predicted octanol–water partition coefficient (Wildman–Crippen LogP) is 2.16. The molecule has 0 unspecified atom stereocenters. The van der Waals surface area contributed by atoms with E-state index < -0.39 is 0 Å². The van der Waals surface area contributed by atoms with Gasteiger partial charge in [0.1, 0.15) is 5.78 Å². The molecule has 0 aliphatic carbocycles. The van der Waals surface area contributed by atoms with Gasteiger partial charge in [-0.05, 0) is 28.7 Å². The van der Waals surface area contributed by atoms with Crippen LogP contribution in [0, 0.1) is 2.88 Å². The van der Waals surface area contributed by atoms with E-state index in [0.717, 1.165) is 8.45 Å². The van der Waals surface area contributed by atoms with Crippen LogP contribution in [0.3, 0.4) is 0 Å². The Labute approximate surface area is 106 Å². The van der Waals surface area contributed by atoms with E-state index in [4.69, 9.17) is 0 Å². The third-order valence-corrected chi connectivity index (χ3v) is 4.21. The van der Waals surface area contributed by atoms with Crippen molar-refractivity contribution in [2.24, 2.45) is 0 Å². The zero-order valence-electron chi connectivity index (χ0n) is 8.03. The number of rotatable bonds is 1. The number of hydrogen-bond acceptors (Lipinski definition) is 3. The summed E-state index contributed by atoms with van der Waals surface area (Å²) in [6.45, 7) is 1.15. The number of piperidine rings is 1. The van der Waals surface area contributed by atoms with Crippen LogP contribution in [0.5, 0.6) is 0 Å². The molecule has 1 aliphatic rings. The molecule has 1 saturated heterocycles. The molecule has 0 radical (unpaired) electrons. The van der Waals surface area contributed by atoms with Crippen molar-refractivity contribution in [3.05, 3.63) is 19.9 Å². The van der Waals surface area contributed by atoms with Crippen LogP contribution < -0.4 is 0 Å². The Balaban J connectivity index is 2.05. The normalized spacial score (nSPS) is 16.9. The molecule has 1 aliphatic heterocycles. The molecule has 80 valence electrons. The second kappa shape index (κ2) is 4.61. The molecule has 0 aromatic carbocycles. The van der Waals surface area contributed by atoms with Crippen molar-refractivity contribution in [3.8, 4) is 0 Å². The average Bonchev–Trinajstić information content (AvgIpc) is 2.65. The van der Waals surface area contributed by atoms with E-state index in [0.29, 0.717) is 25.9 Å². The number of carbonyl (C=O) groups excluding carboxylic acids is 2. The van der Waals surface area contributed by atoms with E-state index in [1.807, 2.05) is 11.4 Å². The summed E-state index contributed by atoms with van der Waals surface area (Å²) in [7, 11) is 0. The fraction of sp³-hybridized carbons (Fsp3) is 0.400. The zero-order chi connectivity index (χ0) is 10.8. The Morgan fingerprint density at radius 2 is 2.07 bits per heavy atom. The molecule has 3 nitrogen and oxygen atoms in total. The molecular weight excluding hydrogens is 325 g/mol. The van der Waals surface area contributed by atoms with Crippen LogP contribution in [0.15, 0.2) is 11.4 Å². The van der Waals surface area contributed by atoms with Gasteiger partial charge in [0.2, 0.25) is 0 Å². The van der Waals surface area contributed by atoms with Gasteiger partial charge in [-0.15, -0.1) is 11.3 Å². The number of thiophene rings is 1. The third-order valence-electron chi connectivity index (χ3n) is 2.42. The van der Waals surface area contributed by atoms with Crippen LogP contribution in [-0.2, 0) is 4.79 Å². The number of likely N-dealkylation sites (tertiary alicyclic amines) is 1. The topological polar surface area (TPSA) is 37.4 Å². The van der Waals surface area contributed by atoms with Gasteiger partial charge in [-0.1, -0.05) is 0 Å². The minimum atomic E-state index is 0.0571. The minimum Gasteiger partial charge on any atom is -0.338 e. The van der Waals surface area contributed by atoms with Gasteiger partial charge in [0.25, 0.3) is 5.91 Å². The van der Waals surface area contributed by atoms with Crippen molar-refractivity contribution in [1.82, 2.24) is 4.90 Å². The lowest BCUT2D eigenvalue weighted by atomic mass is 10.1. The second-order valence-electron chi connectivity index (χ2n) is 3.47. The van der Waals surface area contributed by atoms with Gasteiger partial charge in [0.05, 0.1) is 8.45 Å². The van der Waals surface area contributed by atoms with E-state index >= 15 is 0 Å². The van der Waals surface area contributed by atoms with E-state index in [9.17, 15) is 9.59 Å². The van der Waals surface area contributed by atoms with E-state index in [-0.39, 0.29) is 11.7 Å². The molecule has 0 spiro atoms. The number of amides is 1. The lowest BCUT2D eigenvalue weighted by Crippen LogP contribution is -2.38. The maximum absolute atomic E-state index is 11.9. The Kier molecular flexibility index (Phi) is 3.40. The molecule has 1 fully saturated rings. The summed E-state index contributed by atoms with van der Waals surface area (Å²) in [5, 5.41) is 1.88. The van der Waals surface area contributed by atoms with Crippen LogP contribution in [-0.4, -0.2) is 29.7 Å². The number of nitrogens with zero attached hydrogens (tertiary/aromatic N) is 1.